The number of hydrogen-bond acceptors (Lipinski definition) is 0. The van der Waals surface area contributed by atoms with Crippen LogP contribution in [0.3, 0.4) is 0 Å². The highest BCUT2D eigenvalue weighted by Gasteiger charge is 2.35. The summed E-state index contributed by atoms with van der Waals surface area (Å²) in [5, 5.41) is 0. The summed E-state index contributed by atoms with van der Waals surface area (Å²) < 4.78 is 0. The van der Waals surface area contributed by atoms with Crippen LogP contribution in [0.4, 0.5) is 0 Å². The highest BCUT2D eigenvalue weighted by Crippen LogP contribution is 2.43. The van der Waals surface area contributed by atoms with Gasteiger partial charge in [-0.05, 0) is 42.9 Å². The van der Waals surface area contributed by atoms with Gasteiger partial charge in [-0.25, -0.2) is 0 Å². The Labute approximate surface area is 108 Å². The van der Waals surface area contributed by atoms with Crippen molar-refractivity contribution in [2.45, 2.75) is 41.0 Å². The molecule has 17 heavy (non-hydrogen) atoms. The van der Waals surface area contributed by atoms with Gasteiger partial charge >= 0.3 is 0 Å². The molecule has 0 spiro atoms. The van der Waals surface area contributed by atoms with E-state index in [0.29, 0.717) is 29.6 Å². The Morgan fingerprint density at radius 2 is 1.59 bits per heavy atom. The maximum absolute atomic E-state index is 4.39. The van der Waals surface area contributed by atoms with Gasteiger partial charge in [0.1, 0.15) is 0 Å². The van der Waals surface area contributed by atoms with Crippen molar-refractivity contribution in [3.63, 3.8) is 0 Å². The molecule has 0 bridgehead atoms. The van der Waals surface area contributed by atoms with Crippen molar-refractivity contribution in [3.05, 3.63) is 36.5 Å². The van der Waals surface area contributed by atoms with Gasteiger partial charge in [0.25, 0.3) is 0 Å². The third-order valence-electron chi connectivity index (χ3n) is 4.48. The Bertz CT molecular complexity index is 321. The van der Waals surface area contributed by atoms with Crippen molar-refractivity contribution < 1.29 is 0 Å². The van der Waals surface area contributed by atoms with Crippen molar-refractivity contribution in [2.75, 3.05) is 0 Å². The van der Waals surface area contributed by atoms with E-state index < -0.39 is 0 Å². The average molecular weight is 232 g/mol. The molecule has 0 fully saturated rings. The molecule has 1 aliphatic rings. The van der Waals surface area contributed by atoms with Crippen molar-refractivity contribution in [2.24, 2.45) is 29.6 Å². The van der Waals surface area contributed by atoms with E-state index in [0.717, 1.165) is 0 Å². The van der Waals surface area contributed by atoms with E-state index in [1.54, 1.807) is 0 Å². The van der Waals surface area contributed by atoms with Gasteiger partial charge < -0.3 is 0 Å². The fourth-order valence-corrected chi connectivity index (χ4v) is 3.16. The number of allylic oxidation sites excluding steroid dienone is 4. The van der Waals surface area contributed by atoms with E-state index in [2.05, 4.69) is 59.9 Å². The zero-order valence-corrected chi connectivity index (χ0v) is 12.2. The van der Waals surface area contributed by atoms with Crippen LogP contribution in [0.25, 0.3) is 0 Å². The van der Waals surface area contributed by atoms with E-state index in [-0.39, 0.29) is 0 Å². The lowest BCUT2D eigenvalue weighted by atomic mass is 9.64. The molecule has 5 atom stereocenters. The zero-order valence-electron chi connectivity index (χ0n) is 12.2. The maximum atomic E-state index is 4.39. The second kappa shape index (κ2) is 5.71. The Morgan fingerprint density at radius 3 is 2.00 bits per heavy atom. The van der Waals surface area contributed by atoms with Crippen LogP contribution in [-0.2, 0) is 0 Å². The van der Waals surface area contributed by atoms with Crippen molar-refractivity contribution in [3.8, 4) is 0 Å². The van der Waals surface area contributed by atoms with Crippen LogP contribution in [0.2, 0.25) is 0 Å². The Kier molecular flexibility index (Phi) is 4.80. The summed E-state index contributed by atoms with van der Waals surface area (Å²) in [6.07, 6.45) is 5.90. The normalized spacial score (nSPS) is 34.4. The van der Waals surface area contributed by atoms with E-state index in [1.807, 2.05) is 0 Å². The molecule has 0 heterocycles. The molecule has 0 heteroatoms. The standard InChI is InChI=1S/C17H28/c1-8-12(4)15(7)17-14(6)10-9-13(5)16(17)11(2)3/h9-10,12-14,16-17H,2,7-8H2,1,3-6H3. The smallest absolute Gasteiger partial charge is 0.00720 e. The summed E-state index contributed by atoms with van der Waals surface area (Å²) in [7, 11) is 0. The molecular formula is C17H28. The zero-order chi connectivity index (χ0) is 13.2. The van der Waals surface area contributed by atoms with E-state index >= 15 is 0 Å². The minimum absolute atomic E-state index is 0.566. The van der Waals surface area contributed by atoms with Crippen LogP contribution in [0, 0.1) is 29.6 Å². The molecule has 5 unspecified atom stereocenters. The van der Waals surface area contributed by atoms with Gasteiger partial charge in [0.05, 0.1) is 0 Å². The summed E-state index contributed by atoms with van der Waals surface area (Å²) >= 11 is 0. The quantitative estimate of drug-likeness (QED) is 0.581. The summed E-state index contributed by atoms with van der Waals surface area (Å²) in [5.74, 6) is 2.94. The van der Waals surface area contributed by atoms with Gasteiger partial charge in [-0.3, -0.25) is 0 Å². The van der Waals surface area contributed by atoms with Crippen LogP contribution in [0.5, 0.6) is 0 Å². The maximum Gasteiger partial charge on any atom is -0.00720 e. The van der Waals surface area contributed by atoms with Crippen LogP contribution < -0.4 is 0 Å². The molecule has 0 amide bonds. The van der Waals surface area contributed by atoms with Crippen molar-refractivity contribution >= 4 is 0 Å². The van der Waals surface area contributed by atoms with Crippen LogP contribution in [0.1, 0.15) is 41.0 Å². The Hall–Kier alpha value is -0.780. The third-order valence-corrected chi connectivity index (χ3v) is 4.48. The lowest BCUT2D eigenvalue weighted by Gasteiger charge is -2.40. The molecule has 0 aromatic heterocycles. The predicted molar refractivity (Wildman–Crippen MR) is 77.9 cm³/mol. The summed E-state index contributed by atoms with van der Waals surface area (Å²) in [5.41, 5.74) is 2.73. The minimum atomic E-state index is 0.566. The molecule has 0 radical (unpaired) electrons. The monoisotopic (exact) mass is 232 g/mol. The van der Waals surface area contributed by atoms with Crippen LogP contribution in [-0.4, -0.2) is 0 Å². The molecule has 0 aromatic carbocycles. The molecule has 0 aliphatic heterocycles. The molecular weight excluding hydrogens is 204 g/mol. The van der Waals surface area contributed by atoms with E-state index in [1.165, 1.54) is 17.6 Å². The predicted octanol–water partition coefficient (Wildman–Crippen LogP) is 5.24. The van der Waals surface area contributed by atoms with Crippen molar-refractivity contribution in [1.29, 1.82) is 0 Å². The first-order valence-electron chi connectivity index (χ1n) is 6.92. The van der Waals surface area contributed by atoms with Crippen molar-refractivity contribution in [1.82, 2.24) is 0 Å². The molecule has 96 valence electrons. The minimum Gasteiger partial charge on any atom is -0.0998 e. The summed E-state index contributed by atoms with van der Waals surface area (Å²) in [4.78, 5) is 0. The van der Waals surface area contributed by atoms with Gasteiger partial charge in [-0.1, -0.05) is 64.2 Å². The first kappa shape index (κ1) is 14.3. The molecule has 0 N–H and O–H groups in total. The highest BCUT2D eigenvalue weighted by molar-refractivity contribution is 5.22. The van der Waals surface area contributed by atoms with E-state index in [9.17, 15) is 0 Å². The summed E-state index contributed by atoms with van der Waals surface area (Å²) in [6.45, 7) is 19.9. The first-order valence-corrected chi connectivity index (χ1v) is 6.92. The molecule has 0 aromatic rings. The lowest BCUT2D eigenvalue weighted by Crippen LogP contribution is -2.32. The largest absolute Gasteiger partial charge is 0.0998 e. The van der Waals surface area contributed by atoms with Gasteiger partial charge in [-0.15, -0.1) is 0 Å². The number of hydrogen-bond donors (Lipinski definition) is 0. The SMILES string of the molecule is C=C(C)C1C(C)C=CC(C)C1C(=C)C(C)CC. The molecule has 1 aliphatic carbocycles. The molecule has 0 saturated carbocycles. The topological polar surface area (TPSA) is 0 Å². The second-order valence-electron chi connectivity index (χ2n) is 5.89. The highest BCUT2D eigenvalue weighted by atomic mass is 14.4. The second-order valence-corrected chi connectivity index (χ2v) is 5.89. The fraction of sp³-hybridized carbons (Fsp3) is 0.647. The summed E-state index contributed by atoms with van der Waals surface area (Å²) in [6, 6.07) is 0. The lowest BCUT2D eigenvalue weighted by molar-refractivity contribution is 0.267. The fourth-order valence-electron chi connectivity index (χ4n) is 3.16. The van der Waals surface area contributed by atoms with Gasteiger partial charge in [0, 0.05) is 0 Å². The number of rotatable bonds is 4. The third kappa shape index (κ3) is 2.91. The van der Waals surface area contributed by atoms with Crippen LogP contribution >= 0.6 is 0 Å². The average Bonchev–Trinajstić information content (AvgIpc) is 2.29. The van der Waals surface area contributed by atoms with Crippen LogP contribution in [0.15, 0.2) is 36.5 Å². The van der Waals surface area contributed by atoms with Gasteiger partial charge in [-0.2, -0.15) is 0 Å². The molecule has 1 rings (SSSR count). The van der Waals surface area contributed by atoms with E-state index in [4.69, 9.17) is 0 Å². The molecule has 0 saturated heterocycles. The van der Waals surface area contributed by atoms with Gasteiger partial charge in [0.2, 0.25) is 0 Å². The van der Waals surface area contributed by atoms with Gasteiger partial charge in [0.15, 0.2) is 0 Å². The Balaban J connectivity index is 3.03. The molecule has 0 nitrogen and oxygen atoms in total. The first-order chi connectivity index (χ1) is 7.90. The Morgan fingerprint density at radius 1 is 1.12 bits per heavy atom.